The minimum atomic E-state index is -1.16. The van der Waals surface area contributed by atoms with Gasteiger partial charge < -0.3 is 15.4 Å². The topological polar surface area (TPSA) is 88.2 Å². The normalized spacial score (nSPS) is 21.2. The van der Waals surface area contributed by atoms with E-state index < -0.39 is 5.54 Å². The van der Waals surface area contributed by atoms with E-state index in [4.69, 9.17) is 22.1 Å². The monoisotopic (exact) mass is 530 g/mol. The van der Waals surface area contributed by atoms with Crippen LogP contribution in [0.4, 0.5) is 0 Å². The molecule has 1 unspecified atom stereocenters. The fourth-order valence-electron chi connectivity index (χ4n) is 5.33. The molecule has 5 rings (SSSR count). The first-order valence-electron chi connectivity index (χ1n) is 12.7. The highest BCUT2D eigenvalue weighted by Gasteiger charge is 2.45. The van der Waals surface area contributed by atoms with Crippen molar-refractivity contribution in [2.45, 2.75) is 37.9 Å². The third-order valence-electron chi connectivity index (χ3n) is 7.37. The Balaban J connectivity index is 1.36. The van der Waals surface area contributed by atoms with Crippen LogP contribution in [-0.2, 0) is 21.6 Å². The van der Waals surface area contributed by atoms with E-state index in [9.17, 15) is 9.59 Å². The van der Waals surface area contributed by atoms with Gasteiger partial charge in [-0.05, 0) is 72.4 Å². The molecular weight excluding hydrogens is 500 g/mol. The van der Waals surface area contributed by atoms with E-state index in [2.05, 4.69) is 4.99 Å². The van der Waals surface area contributed by atoms with E-state index in [1.807, 2.05) is 77.7 Å². The molecule has 8 heteroatoms. The molecule has 0 aromatic heterocycles. The summed E-state index contributed by atoms with van der Waals surface area (Å²) in [6.45, 7) is 3.24. The van der Waals surface area contributed by atoms with Crippen LogP contribution >= 0.6 is 11.6 Å². The lowest BCUT2D eigenvalue weighted by Crippen LogP contribution is -2.41. The quantitative estimate of drug-likeness (QED) is 0.474. The van der Waals surface area contributed by atoms with Crippen molar-refractivity contribution in [1.29, 1.82) is 0 Å². The number of likely N-dealkylation sites (tertiary alicyclic amines) is 1. The van der Waals surface area contributed by atoms with Crippen molar-refractivity contribution < 1.29 is 14.3 Å². The number of carbonyl (C=O) groups excluding carboxylic acids is 2. The number of methoxy groups -OCH3 is 1. The van der Waals surface area contributed by atoms with Gasteiger partial charge in [-0.15, -0.1) is 0 Å². The Morgan fingerprint density at radius 2 is 1.84 bits per heavy atom. The maximum absolute atomic E-state index is 13.7. The summed E-state index contributed by atoms with van der Waals surface area (Å²) in [6.07, 6.45) is 1.90. The highest BCUT2D eigenvalue weighted by molar-refractivity contribution is 6.30. The largest absolute Gasteiger partial charge is 0.383 e. The van der Waals surface area contributed by atoms with Crippen LogP contribution in [-0.4, -0.2) is 53.9 Å². The van der Waals surface area contributed by atoms with Crippen LogP contribution in [0.1, 0.15) is 41.3 Å². The van der Waals surface area contributed by atoms with Crippen molar-refractivity contribution in [3.8, 4) is 11.1 Å². The predicted molar refractivity (Wildman–Crippen MR) is 149 cm³/mol. The second kappa shape index (κ2) is 10.6. The zero-order chi connectivity index (χ0) is 26.9. The van der Waals surface area contributed by atoms with Crippen molar-refractivity contribution in [2.75, 3.05) is 20.3 Å². The van der Waals surface area contributed by atoms with E-state index >= 15 is 0 Å². The molecule has 1 saturated heterocycles. The highest BCUT2D eigenvalue weighted by atomic mass is 35.5. The molecule has 38 heavy (non-hydrogen) atoms. The molecule has 2 atom stereocenters. The molecule has 0 saturated carbocycles. The summed E-state index contributed by atoms with van der Waals surface area (Å²) >= 11 is 6.19. The number of ether oxygens (including phenoxy) is 1. The average Bonchev–Trinajstić information content (AvgIpc) is 3.47. The predicted octanol–water partition coefficient (Wildman–Crippen LogP) is 4.83. The van der Waals surface area contributed by atoms with Crippen LogP contribution in [0.2, 0.25) is 5.02 Å². The molecule has 196 valence electrons. The van der Waals surface area contributed by atoms with Gasteiger partial charge in [0.2, 0.25) is 0 Å². The highest BCUT2D eigenvalue weighted by Crippen LogP contribution is 2.36. The van der Waals surface area contributed by atoms with Crippen molar-refractivity contribution in [2.24, 2.45) is 10.7 Å². The van der Waals surface area contributed by atoms with Gasteiger partial charge in [0, 0.05) is 24.2 Å². The fraction of sp³-hybridized carbons (Fsp3) is 0.300. The number of hydrogen-bond acceptors (Lipinski definition) is 5. The Labute approximate surface area is 227 Å². The van der Waals surface area contributed by atoms with Gasteiger partial charge in [-0.25, -0.2) is 4.99 Å². The van der Waals surface area contributed by atoms with Gasteiger partial charge in [-0.2, -0.15) is 0 Å². The van der Waals surface area contributed by atoms with E-state index in [1.54, 1.807) is 14.0 Å². The first kappa shape index (κ1) is 25.9. The van der Waals surface area contributed by atoms with Gasteiger partial charge in [-0.1, -0.05) is 54.1 Å². The van der Waals surface area contributed by atoms with Crippen molar-refractivity contribution in [3.63, 3.8) is 0 Å². The van der Waals surface area contributed by atoms with Crippen LogP contribution in [0.25, 0.3) is 11.1 Å². The minimum absolute atomic E-state index is 0.0246. The molecule has 2 aliphatic rings. The third-order valence-corrected chi connectivity index (χ3v) is 7.61. The van der Waals surface area contributed by atoms with Gasteiger partial charge >= 0.3 is 0 Å². The summed E-state index contributed by atoms with van der Waals surface area (Å²) in [5.74, 6) is -0.0831. The van der Waals surface area contributed by atoms with Crippen LogP contribution in [0.5, 0.6) is 0 Å². The van der Waals surface area contributed by atoms with E-state index in [0.29, 0.717) is 23.7 Å². The Hall–Kier alpha value is -3.68. The average molecular weight is 531 g/mol. The van der Waals surface area contributed by atoms with Gasteiger partial charge in [0.15, 0.2) is 11.5 Å². The van der Waals surface area contributed by atoms with Crippen LogP contribution in [0.3, 0.4) is 0 Å². The zero-order valence-corrected chi connectivity index (χ0v) is 22.3. The fourth-order valence-corrected chi connectivity index (χ4v) is 5.52. The second-order valence-corrected chi connectivity index (χ2v) is 10.4. The molecule has 0 bridgehead atoms. The summed E-state index contributed by atoms with van der Waals surface area (Å²) in [6, 6.07) is 22.8. The molecule has 2 heterocycles. The second-order valence-electron chi connectivity index (χ2n) is 9.97. The summed E-state index contributed by atoms with van der Waals surface area (Å²) in [4.78, 5) is 34.9. The maximum atomic E-state index is 13.7. The molecule has 0 radical (unpaired) electrons. The SMILES string of the molecule is COC[C@H]1CCCN1C(=O)c1cccc(CN2C(=O)C(C)(c3cccc(-c4cccc(Cl)c4)c3)N=C2N)c1. The van der Waals surface area contributed by atoms with Crippen molar-refractivity contribution >= 4 is 29.4 Å². The van der Waals surface area contributed by atoms with Crippen molar-refractivity contribution in [3.05, 3.63) is 94.5 Å². The minimum Gasteiger partial charge on any atom is -0.383 e. The number of benzene rings is 3. The molecule has 2 amide bonds. The number of aliphatic imine (C=N–C) groups is 1. The van der Waals surface area contributed by atoms with Gasteiger partial charge in [0.05, 0.1) is 19.2 Å². The Bertz CT molecular complexity index is 1410. The Morgan fingerprint density at radius 3 is 2.61 bits per heavy atom. The molecule has 1 fully saturated rings. The van der Waals surface area contributed by atoms with Crippen LogP contribution in [0, 0.1) is 0 Å². The lowest BCUT2D eigenvalue weighted by molar-refractivity contribution is -0.131. The van der Waals surface area contributed by atoms with E-state index in [1.165, 1.54) is 4.90 Å². The third kappa shape index (κ3) is 4.91. The van der Waals surface area contributed by atoms with Crippen molar-refractivity contribution in [1.82, 2.24) is 9.80 Å². The van der Waals surface area contributed by atoms with Crippen LogP contribution < -0.4 is 5.73 Å². The summed E-state index contributed by atoms with van der Waals surface area (Å²) in [5.41, 5.74) is 9.17. The number of halogens is 1. The van der Waals surface area contributed by atoms with E-state index in [-0.39, 0.29) is 30.4 Å². The molecular formula is C30H31ClN4O3. The summed E-state index contributed by atoms with van der Waals surface area (Å²) < 4.78 is 5.30. The number of rotatable bonds is 7. The summed E-state index contributed by atoms with van der Waals surface area (Å²) in [7, 11) is 1.65. The maximum Gasteiger partial charge on any atom is 0.261 e. The molecule has 0 spiro atoms. The zero-order valence-electron chi connectivity index (χ0n) is 21.6. The van der Waals surface area contributed by atoms with Gasteiger partial charge in [-0.3, -0.25) is 14.5 Å². The molecule has 0 aliphatic carbocycles. The molecule has 3 aromatic rings. The van der Waals surface area contributed by atoms with Gasteiger partial charge in [0.25, 0.3) is 11.8 Å². The summed E-state index contributed by atoms with van der Waals surface area (Å²) in [5, 5.41) is 0.643. The number of hydrogen-bond donors (Lipinski definition) is 1. The Kier molecular flexibility index (Phi) is 7.23. The van der Waals surface area contributed by atoms with Crippen LogP contribution in [0.15, 0.2) is 77.8 Å². The Morgan fingerprint density at radius 1 is 1.11 bits per heavy atom. The molecule has 2 N–H and O–H groups in total. The number of nitrogens with zero attached hydrogens (tertiary/aromatic N) is 3. The standard InChI is InChI=1S/C30H31ClN4O3/c1-30(24-11-4-8-21(16-24)22-9-5-12-25(31)17-22)28(37)35(29(32)33-30)18-20-7-3-10-23(15-20)27(36)34-14-6-13-26(34)19-38-2/h3-5,7-12,15-17,26H,6,13-14,18-19H2,1-2H3,(H2,32,33)/t26-,30?/m1/s1. The number of carbonyl (C=O) groups is 2. The molecule has 7 nitrogen and oxygen atoms in total. The molecule has 3 aromatic carbocycles. The first-order chi connectivity index (χ1) is 18.3. The molecule has 2 aliphatic heterocycles. The number of guanidine groups is 1. The lowest BCUT2D eigenvalue weighted by atomic mass is 9.89. The first-order valence-corrected chi connectivity index (χ1v) is 13.1. The number of amides is 2. The van der Waals surface area contributed by atoms with Gasteiger partial charge in [0.1, 0.15) is 0 Å². The lowest BCUT2D eigenvalue weighted by Gasteiger charge is -2.25. The number of nitrogens with two attached hydrogens (primary N) is 1. The smallest absolute Gasteiger partial charge is 0.261 e. The van der Waals surface area contributed by atoms with E-state index in [0.717, 1.165) is 35.1 Å².